The van der Waals surface area contributed by atoms with E-state index in [0.717, 1.165) is 11.3 Å². The Labute approximate surface area is 147 Å². The first-order valence-electron chi connectivity index (χ1n) is 8.08. The van der Waals surface area contributed by atoms with Crippen molar-refractivity contribution in [3.05, 3.63) is 96.1 Å². The summed E-state index contributed by atoms with van der Waals surface area (Å²) in [7, 11) is 1.59. The van der Waals surface area contributed by atoms with Crippen molar-refractivity contribution in [3.63, 3.8) is 0 Å². The van der Waals surface area contributed by atoms with Gasteiger partial charge in [-0.15, -0.1) is 0 Å². The Morgan fingerprint density at radius 3 is 2.28 bits per heavy atom. The molecule has 4 heteroatoms. The highest BCUT2D eigenvalue weighted by atomic mass is 16.5. The van der Waals surface area contributed by atoms with Crippen molar-refractivity contribution < 1.29 is 9.53 Å². The van der Waals surface area contributed by atoms with Crippen LogP contribution in [0.25, 0.3) is 0 Å². The van der Waals surface area contributed by atoms with Crippen LogP contribution < -0.4 is 15.2 Å². The van der Waals surface area contributed by atoms with Gasteiger partial charge in [0.15, 0.2) is 0 Å². The lowest BCUT2D eigenvalue weighted by Crippen LogP contribution is -2.42. The maximum atomic E-state index is 12.7. The lowest BCUT2D eigenvalue weighted by atomic mass is 10.2. The van der Waals surface area contributed by atoms with Crippen molar-refractivity contribution >= 4 is 11.6 Å². The molecule has 0 aliphatic heterocycles. The number of nitrogens with one attached hydrogen (secondary N) is 1. The van der Waals surface area contributed by atoms with Crippen molar-refractivity contribution in [1.82, 2.24) is 5.43 Å². The van der Waals surface area contributed by atoms with E-state index in [1.54, 1.807) is 25.3 Å². The quantitative estimate of drug-likeness (QED) is 0.693. The minimum absolute atomic E-state index is 0.182. The number of rotatable bonds is 6. The zero-order chi connectivity index (χ0) is 17.5. The van der Waals surface area contributed by atoms with Crippen LogP contribution in [0.5, 0.6) is 5.75 Å². The van der Waals surface area contributed by atoms with Crippen molar-refractivity contribution in [2.24, 2.45) is 0 Å². The van der Waals surface area contributed by atoms with Gasteiger partial charge in [-0.25, -0.2) is 0 Å². The fourth-order valence-corrected chi connectivity index (χ4v) is 2.52. The highest BCUT2D eigenvalue weighted by molar-refractivity contribution is 5.95. The Balaban J connectivity index is 1.83. The molecule has 0 aliphatic carbocycles. The number of anilines is 1. The molecule has 0 heterocycles. The van der Waals surface area contributed by atoms with Gasteiger partial charge in [0, 0.05) is 5.56 Å². The summed E-state index contributed by atoms with van der Waals surface area (Å²) in [6.45, 7) is 0.570. The number of hydrazine groups is 1. The zero-order valence-corrected chi connectivity index (χ0v) is 14.1. The number of hydrogen-bond acceptors (Lipinski definition) is 3. The van der Waals surface area contributed by atoms with E-state index in [4.69, 9.17) is 4.74 Å². The molecule has 0 bridgehead atoms. The largest absolute Gasteiger partial charge is 0.497 e. The highest BCUT2D eigenvalue weighted by Crippen LogP contribution is 2.17. The highest BCUT2D eigenvalue weighted by Gasteiger charge is 2.13. The lowest BCUT2D eigenvalue weighted by molar-refractivity contribution is 0.0948. The summed E-state index contributed by atoms with van der Waals surface area (Å²) in [5.41, 5.74) is 5.57. The molecule has 1 amide bonds. The molecule has 25 heavy (non-hydrogen) atoms. The normalized spacial score (nSPS) is 10.1. The number of ether oxygens (including phenoxy) is 1. The minimum Gasteiger partial charge on any atom is -0.497 e. The molecule has 4 nitrogen and oxygen atoms in total. The number of amides is 1. The molecule has 126 valence electrons. The molecule has 0 saturated heterocycles. The summed E-state index contributed by atoms with van der Waals surface area (Å²) in [5, 5.41) is 1.84. The van der Waals surface area contributed by atoms with E-state index in [1.807, 2.05) is 71.7 Å². The predicted molar refractivity (Wildman–Crippen MR) is 99.5 cm³/mol. The third-order valence-electron chi connectivity index (χ3n) is 3.82. The first-order valence-corrected chi connectivity index (χ1v) is 8.08. The summed E-state index contributed by atoms with van der Waals surface area (Å²) < 4.78 is 5.20. The fourth-order valence-electron chi connectivity index (χ4n) is 2.52. The second-order valence-electron chi connectivity index (χ2n) is 5.58. The molecule has 0 radical (unpaired) electrons. The van der Waals surface area contributed by atoms with Gasteiger partial charge < -0.3 is 4.74 Å². The maximum Gasteiger partial charge on any atom is 0.269 e. The van der Waals surface area contributed by atoms with Gasteiger partial charge in [-0.2, -0.15) is 0 Å². The molecule has 0 saturated carbocycles. The molecule has 1 N–H and O–H groups in total. The Bertz CT molecular complexity index is 820. The second kappa shape index (κ2) is 8.02. The van der Waals surface area contributed by atoms with Gasteiger partial charge in [0.1, 0.15) is 5.75 Å². The topological polar surface area (TPSA) is 41.6 Å². The van der Waals surface area contributed by atoms with E-state index in [0.29, 0.717) is 17.9 Å². The summed E-state index contributed by atoms with van der Waals surface area (Å²) in [4.78, 5) is 12.7. The number of methoxy groups -OCH3 is 1. The lowest BCUT2D eigenvalue weighted by Gasteiger charge is -2.25. The molecule has 0 atom stereocenters. The van der Waals surface area contributed by atoms with E-state index >= 15 is 0 Å². The second-order valence-corrected chi connectivity index (χ2v) is 5.58. The van der Waals surface area contributed by atoms with Gasteiger partial charge in [-0.1, -0.05) is 54.6 Å². The Morgan fingerprint density at radius 1 is 0.920 bits per heavy atom. The summed E-state index contributed by atoms with van der Waals surface area (Å²) in [6.07, 6.45) is 0. The predicted octanol–water partition coefficient (Wildman–Crippen LogP) is 4.05. The van der Waals surface area contributed by atoms with Crippen LogP contribution in [0.2, 0.25) is 0 Å². The first kappa shape index (κ1) is 16.6. The van der Waals surface area contributed by atoms with Gasteiger partial charge in [0.25, 0.3) is 5.91 Å². The fraction of sp³-hybridized carbons (Fsp3) is 0.0952. The summed E-state index contributed by atoms with van der Waals surface area (Å²) in [5.74, 6) is 0.473. The SMILES string of the molecule is COc1cccc(C(=O)NN(Cc2ccccc2)c2ccccc2)c1. The average molecular weight is 332 g/mol. The van der Waals surface area contributed by atoms with Gasteiger partial charge in [0.05, 0.1) is 19.3 Å². The number of nitrogens with zero attached hydrogens (tertiary/aromatic N) is 1. The van der Waals surface area contributed by atoms with Crippen LogP contribution in [0.15, 0.2) is 84.9 Å². The molecule has 3 aromatic rings. The average Bonchev–Trinajstić information content (AvgIpc) is 2.69. The molecule has 3 rings (SSSR count). The number of carbonyl (C=O) groups is 1. The van der Waals surface area contributed by atoms with Crippen LogP contribution in [0.4, 0.5) is 5.69 Å². The Morgan fingerprint density at radius 2 is 1.60 bits per heavy atom. The number of hydrogen-bond donors (Lipinski definition) is 1. The molecular weight excluding hydrogens is 312 g/mol. The van der Waals surface area contributed by atoms with Crippen LogP contribution >= 0.6 is 0 Å². The van der Waals surface area contributed by atoms with Crippen molar-refractivity contribution in [2.45, 2.75) is 6.54 Å². The van der Waals surface area contributed by atoms with E-state index < -0.39 is 0 Å². The van der Waals surface area contributed by atoms with Gasteiger partial charge in [0.2, 0.25) is 0 Å². The van der Waals surface area contributed by atoms with E-state index in [-0.39, 0.29) is 5.91 Å². The van der Waals surface area contributed by atoms with Gasteiger partial charge >= 0.3 is 0 Å². The molecule has 0 fully saturated rings. The number of benzene rings is 3. The van der Waals surface area contributed by atoms with Gasteiger partial charge in [-0.05, 0) is 35.9 Å². The van der Waals surface area contributed by atoms with E-state index in [9.17, 15) is 4.79 Å². The van der Waals surface area contributed by atoms with E-state index in [1.165, 1.54) is 0 Å². The van der Waals surface area contributed by atoms with Crippen LogP contribution in [0.3, 0.4) is 0 Å². The smallest absolute Gasteiger partial charge is 0.269 e. The van der Waals surface area contributed by atoms with E-state index in [2.05, 4.69) is 5.43 Å². The minimum atomic E-state index is -0.182. The summed E-state index contributed by atoms with van der Waals surface area (Å²) in [6, 6.07) is 26.9. The van der Waals surface area contributed by atoms with Crippen LogP contribution in [-0.4, -0.2) is 13.0 Å². The maximum absolute atomic E-state index is 12.7. The van der Waals surface area contributed by atoms with Crippen molar-refractivity contribution in [1.29, 1.82) is 0 Å². The summed E-state index contributed by atoms with van der Waals surface area (Å²) >= 11 is 0. The molecule has 3 aromatic carbocycles. The standard InChI is InChI=1S/C21H20N2O2/c1-25-20-14-8-11-18(15-20)21(24)22-23(19-12-6-3-7-13-19)16-17-9-4-2-5-10-17/h2-15H,16H2,1H3,(H,22,24). The van der Waals surface area contributed by atoms with Crippen molar-refractivity contribution in [3.8, 4) is 5.75 Å². The molecule has 0 spiro atoms. The number of carbonyl (C=O) groups excluding carboxylic acids is 1. The molecule has 0 unspecified atom stereocenters. The monoisotopic (exact) mass is 332 g/mol. The number of para-hydroxylation sites is 1. The third-order valence-corrected chi connectivity index (χ3v) is 3.82. The zero-order valence-electron chi connectivity index (χ0n) is 14.1. The van der Waals surface area contributed by atoms with Crippen LogP contribution in [0.1, 0.15) is 15.9 Å². The molecular formula is C21H20N2O2. The van der Waals surface area contributed by atoms with Crippen LogP contribution in [0, 0.1) is 0 Å². The van der Waals surface area contributed by atoms with Crippen molar-refractivity contribution in [2.75, 3.05) is 12.1 Å². The van der Waals surface area contributed by atoms with Gasteiger partial charge in [-0.3, -0.25) is 15.2 Å². The van der Waals surface area contributed by atoms with Crippen LogP contribution in [-0.2, 0) is 6.54 Å². The molecule has 0 aromatic heterocycles. The Hall–Kier alpha value is -3.27. The Kier molecular flexibility index (Phi) is 5.32. The third kappa shape index (κ3) is 4.38. The first-order chi connectivity index (χ1) is 12.3. The molecule has 0 aliphatic rings.